The van der Waals surface area contributed by atoms with Gasteiger partial charge in [0, 0.05) is 11.6 Å². The number of anilines is 1. The summed E-state index contributed by atoms with van der Waals surface area (Å²) in [4.78, 5) is 17.2. The zero-order chi connectivity index (χ0) is 23.1. The third kappa shape index (κ3) is 6.05. The molecule has 0 saturated carbocycles. The Bertz CT molecular complexity index is 1320. The van der Waals surface area contributed by atoms with Crippen molar-refractivity contribution in [2.75, 3.05) is 5.32 Å². The lowest BCUT2D eigenvalue weighted by Crippen LogP contribution is -2.13. The van der Waals surface area contributed by atoms with Crippen molar-refractivity contribution in [1.29, 1.82) is 0 Å². The highest BCUT2D eigenvalue weighted by atomic mass is 32.2. The first kappa shape index (κ1) is 22.2. The standard InChI is InChI=1S/C26H22N2O4S/c29-26(28-23-14-15-25(27-17-23)32-18-20-8-3-1-4-9-20)22-11-7-10-21(16-22)19-33(30,31)24-12-5-2-6-13-24/h1-17H,18-19H2,(H,28,29). The van der Waals surface area contributed by atoms with Crippen molar-refractivity contribution in [2.24, 2.45) is 0 Å². The summed E-state index contributed by atoms with van der Waals surface area (Å²) in [6, 6.07) is 28.0. The van der Waals surface area contributed by atoms with Gasteiger partial charge in [-0.3, -0.25) is 4.79 Å². The quantitative estimate of drug-likeness (QED) is 0.406. The van der Waals surface area contributed by atoms with Crippen LogP contribution in [0, 0.1) is 0 Å². The number of hydrogen-bond acceptors (Lipinski definition) is 5. The summed E-state index contributed by atoms with van der Waals surface area (Å²) in [6.45, 7) is 0.401. The largest absolute Gasteiger partial charge is 0.473 e. The second kappa shape index (κ2) is 10.1. The van der Waals surface area contributed by atoms with Crippen molar-refractivity contribution in [2.45, 2.75) is 17.3 Å². The van der Waals surface area contributed by atoms with Crippen LogP contribution in [0.2, 0.25) is 0 Å². The van der Waals surface area contributed by atoms with E-state index in [-0.39, 0.29) is 16.6 Å². The van der Waals surface area contributed by atoms with Gasteiger partial charge in [0.1, 0.15) is 6.61 Å². The van der Waals surface area contributed by atoms with Crippen LogP contribution in [-0.4, -0.2) is 19.3 Å². The normalized spacial score (nSPS) is 11.0. The lowest BCUT2D eigenvalue weighted by atomic mass is 10.1. The number of ether oxygens (including phenoxy) is 1. The average molecular weight is 459 g/mol. The van der Waals surface area contributed by atoms with Crippen LogP contribution in [0.3, 0.4) is 0 Å². The Labute approximate surface area is 192 Å². The van der Waals surface area contributed by atoms with Gasteiger partial charge in [0.15, 0.2) is 9.84 Å². The molecule has 0 radical (unpaired) electrons. The molecule has 4 aromatic rings. The Morgan fingerprint density at radius 2 is 1.52 bits per heavy atom. The van der Waals surface area contributed by atoms with E-state index < -0.39 is 9.84 Å². The van der Waals surface area contributed by atoms with Gasteiger partial charge in [0.25, 0.3) is 5.91 Å². The first-order valence-corrected chi connectivity index (χ1v) is 12.0. The van der Waals surface area contributed by atoms with Gasteiger partial charge in [0.2, 0.25) is 5.88 Å². The van der Waals surface area contributed by atoms with Crippen LogP contribution in [0.1, 0.15) is 21.5 Å². The minimum atomic E-state index is -3.50. The second-order valence-electron chi connectivity index (χ2n) is 7.39. The summed E-state index contributed by atoms with van der Waals surface area (Å²) in [5, 5.41) is 2.77. The molecule has 0 unspecified atom stereocenters. The van der Waals surface area contributed by atoms with E-state index in [0.29, 0.717) is 29.3 Å². The topological polar surface area (TPSA) is 85.4 Å². The zero-order valence-electron chi connectivity index (χ0n) is 17.7. The number of pyridine rings is 1. The molecule has 0 aliphatic heterocycles. The molecule has 1 N–H and O–H groups in total. The van der Waals surface area contributed by atoms with Crippen molar-refractivity contribution in [3.8, 4) is 5.88 Å². The zero-order valence-corrected chi connectivity index (χ0v) is 18.5. The number of sulfone groups is 1. The third-order valence-electron chi connectivity index (χ3n) is 4.87. The van der Waals surface area contributed by atoms with Gasteiger partial charge in [-0.05, 0) is 41.5 Å². The van der Waals surface area contributed by atoms with E-state index >= 15 is 0 Å². The smallest absolute Gasteiger partial charge is 0.255 e. The minimum Gasteiger partial charge on any atom is -0.473 e. The molecular weight excluding hydrogens is 436 g/mol. The molecule has 7 heteroatoms. The summed E-state index contributed by atoms with van der Waals surface area (Å²) in [7, 11) is -3.50. The van der Waals surface area contributed by atoms with Gasteiger partial charge in [-0.2, -0.15) is 0 Å². The molecule has 4 rings (SSSR count). The molecule has 3 aromatic carbocycles. The van der Waals surface area contributed by atoms with E-state index in [4.69, 9.17) is 4.74 Å². The van der Waals surface area contributed by atoms with Crippen molar-refractivity contribution < 1.29 is 17.9 Å². The third-order valence-corrected chi connectivity index (χ3v) is 6.58. The molecule has 1 aromatic heterocycles. The Hall–Kier alpha value is -3.97. The summed E-state index contributed by atoms with van der Waals surface area (Å²) in [5.74, 6) is -0.0914. The van der Waals surface area contributed by atoms with E-state index in [1.165, 1.54) is 6.20 Å². The molecule has 0 spiro atoms. The molecule has 33 heavy (non-hydrogen) atoms. The fourth-order valence-electron chi connectivity index (χ4n) is 3.21. The van der Waals surface area contributed by atoms with Crippen LogP contribution >= 0.6 is 0 Å². The van der Waals surface area contributed by atoms with Gasteiger partial charge < -0.3 is 10.1 Å². The van der Waals surface area contributed by atoms with Crippen LogP contribution < -0.4 is 10.1 Å². The Kier molecular flexibility index (Phi) is 6.80. The molecule has 166 valence electrons. The summed E-state index contributed by atoms with van der Waals surface area (Å²) >= 11 is 0. The number of nitrogens with zero attached hydrogens (tertiary/aromatic N) is 1. The highest BCUT2D eigenvalue weighted by molar-refractivity contribution is 7.90. The molecule has 0 fully saturated rings. The Balaban J connectivity index is 1.38. The SMILES string of the molecule is O=C(Nc1ccc(OCc2ccccc2)nc1)c1cccc(CS(=O)(=O)c2ccccc2)c1. The van der Waals surface area contributed by atoms with Crippen LogP contribution in [0.25, 0.3) is 0 Å². The predicted octanol–water partition coefficient (Wildman–Crippen LogP) is 4.89. The lowest BCUT2D eigenvalue weighted by molar-refractivity contribution is 0.102. The number of benzene rings is 3. The number of carbonyl (C=O) groups is 1. The van der Waals surface area contributed by atoms with E-state index in [2.05, 4.69) is 10.3 Å². The first-order chi connectivity index (χ1) is 16.0. The van der Waals surface area contributed by atoms with Crippen LogP contribution in [0.15, 0.2) is 108 Å². The van der Waals surface area contributed by atoms with Gasteiger partial charge in [-0.25, -0.2) is 13.4 Å². The lowest BCUT2D eigenvalue weighted by Gasteiger charge is -2.09. The molecule has 6 nitrogen and oxygen atoms in total. The van der Waals surface area contributed by atoms with Crippen LogP contribution in [0.5, 0.6) is 5.88 Å². The summed E-state index contributed by atoms with van der Waals surface area (Å²) in [6.07, 6.45) is 1.52. The number of carbonyl (C=O) groups excluding carboxylic acids is 1. The van der Waals surface area contributed by atoms with Gasteiger partial charge in [0.05, 0.1) is 22.5 Å². The molecule has 1 heterocycles. The van der Waals surface area contributed by atoms with Crippen molar-refractivity contribution in [3.63, 3.8) is 0 Å². The predicted molar refractivity (Wildman–Crippen MR) is 127 cm³/mol. The van der Waals surface area contributed by atoms with Crippen LogP contribution in [-0.2, 0) is 22.2 Å². The Morgan fingerprint density at radius 1 is 0.818 bits per heavy atom. The molecular formula is C26H22N2O4S. The molecule has 0 aliphatic rings. The minimum absolute atomic E-state index is 0.187. The number of amides is 1. The number of rotatable bonds is 8. The molecule has 0 aliphatic carbocycles. The average Bonchev–Trinajstić information content (AvgIpc) is 2.85. The van der Waals surface area contributed by atoms with Crippen molar-refractivity contribution >= 4 is 21.4 Å². The van der Waals surface area contributed by atoms with Gasteiger partial charge >= 0.3 is 0 Å². The fraction of sp³-hybridized carbons (Fsp3) is 0.0769. The highest BCUT2D eigenvalue weighted by Crippen LogP contribution is 2.18. The summed E-state index contributed by atoms with van der Waals surface area (Å²) in [5.41, 5.74) is 2.44. The second-order valence-corrected chi connectivity index (χ2v) is 9.38. The summed E-state index contributed by atoms with van der Waals surface area (Å²) < 4.78 is 30.9. The van der Waals surface area contributed by atoms with Gasteiger partial charge in [-0.15, -0.1) is 0 Å². The molecule has 0 saturated heterocycles. The fourth-order valence-corrected chi connectivity index (χ4v) is 4.56. The Morgan fingerprint density at radius 3 is 2.21 bits per heavy atom. The molecule has 0 atom stereocenters. The number of hydrogen-bond donors (Lipinski definition) is 1. The van der Waals surface area contributed by atoms with Crippen molar-refractivity contribution in [3.05, 3.63) is 120 Å². The van der Waals surface area contributed by atoms with E-state index in [0.717, 1.165) is 5.56 Å². The monoisotopic (exact) mass is 458 g/mol. The molecule has 0 bridgehead atoms. The maximum atomic E-state index is 12.7. The highest BCUT2D eigenvalue weighted by Gasteiger charge is 2.16. The van der Waals surface area contributed by atoms with Crippen LogP contribution in [0.4, 0.5) is 5.69 Å². The van der Waals surface area contributed by atoms with E-state index in [1.807, 2.05) is 30.3 Å². The van der Waals surface area contributed by atoms with Crippen molar-refractivity contribution in [1.82, 2.24) is 4.98 Å². The first-order valence-electron chi connectivity index (χ1n) is 10.3. The van der Waals surface area contributed by atoms with Gasteiger partial charge in [-0.1, -0.05) is 60.7 Å². The maximum absolute atomic E-state index is 12.7. The molecule has 1 amide bonds. The maximum Gasteiger partial charge on any atom is 0.255 e. The number of aromatic nitrogens is 1. The number of nitrogens with one attached hydrogen (secondary N) is 1. The van der Waals surface area contributed by atoms with E-state index in [9.17, 15) is 13.2 Å². The van der Waals surface area contributed by atoms with E-state index in [1.54, 1.807) is 66.7 Å².